The zero-order valence-electron chi connectivity index (χ0n) is 13.6. The second-order valence-electron chi connectivity index (χ2n) is 7.09. The van der Waals surface area contributed by atoms with Crippen LogP contribution < -0.4 is 5.32 Å². The summed E-state index contributed by atoms with van der Waals surface area (Å²) in [4.78, 5) is 7.29. The number of rotatable bonds is 3. The van der Waals surface area contributed by atoms with Crippen molar-refractivity contribution in [3.63, 3.8) is 0 Å². The smallest absolute Gasteiger partial charge is 0.0547 e. The van der Waals surface area contributed by atoms with Gasteiger partial charge in [-0.25, -0.2) is 0 Å². The molecule has 1 N–H and O–H groups in total. The average molecular weight is 275 g/mol. The van der Waals surface area contributed by atoms with Crippen LogP contribution in [-0.2, 0) is 6.54 Å². The highest BCUT2D eigenvalue weighted by molar-refractivity contribution is 5.10. The van der Waals surface area contributed by atoms with Crippen molar-refractivity contribution in [1.29, 1.82) is 0 Å². The molecule has 1 aliphatic rings. The molecular weight excluding hydrogens is 246 g/mol. The van der Waals surface area contributed by atoms with Gasteiger partial charge in [0.25, 0.3) is 0 Å². The first-order chi connectivity index (χ1) is 9.40. The topological polar surface area (TPSA) is 28.2 Å². The monoisotopic (exact) mass is 275 g/mol. The van der Waals surface area contributed by atoms with Crippen molar-refractivity contribution >= 4 is 0 Å². The van der Waals surface area contributed by atoms with Crippen LogP contribution >= 0.6 is 0 Å². The highest BCUT2D eigenvalue weighted by Crippen LogP contribution is 2.28. The summed E-state index contributed by atoms with van der Waals surface area (Å²) in [5.41, 5.74) is 2.59. The first kappa shape index (κ1) is 15.5. The molecular formula is C17H29N3. The van der Waals surface area contributed by atoms with Gasteiger partial charge in [0.1, 0.15) is 0 Å². The minimum Gasteiger partial charge on any atom is -0.311 e. The molecule has 3 nitrogen and oxygen atoms in total. The Bertz CT molecular complexity index is 436. The van der Waals surface area contributed by atoms with Gasteiger partial charge < -0.3 is 5.32 Å². The first-order valence-electron chi connectivity index (χ1n) is 7.80. The molecule has 20 heavy (non-hydrogen) atoms. The highest BCUT2D eigenvalue weighted by atomic mass is 15.2. The average Bonchev–Trinajstić information content (AvgIpc) is 2.37. The van der Waals surface area contributed by atoms with Crippen LogP contribution in [0.1, 0.15) is 45.5 Å². The Kier molecular flexibility index (Phi) is 4.82. The lowest BCUT2D eigenvalue weighted by atomic mass is 9.83. The second kappa shape index (κ2) is 6.23. The van der Waals surface area contributed by atoms with E-state index in [1.54, 1.807) is 0 Å². The molecule has 3 heteroatoms. The third-order valence-electron chi connectivity index (χ3n) is 4.30. The molecule has 1 aromatic rings. The summed E-state index contributed by atoms with van der Waals surface area (Å²) < 4.78 is 0. The maximum atomic E-state index is 4.67. The minimum atomic E-state index is 0.287. The van der Waals surface area contributed by atoms with Crippen molar-refractivity contribution < 1.29 is 0 Å². The largest absolute Gasteiger partial charge is 0.311 e. The molecule has 0 amide bonds. The third kappa shape index (κ3) is 3.80. The number of pyridine rings is 1. The standard InChI is InChI=1S/C17H29N3/c1-6-14-11-20(16(10-18-14)17(3,4)5)12-15-9-7-8-13(2)19-15/h7-9,14,16,18H,6,10-12H2,1-5H3. The maximum Gasteiger partial charge on any atom is 0.0547 e. The number of hydrogen-bond acceptors (Lipinski definition) is 3. The quantitative estimate of drug-likeness (QED) is 0.919. The van der Waals surface area contributed by atoms with E-state index in [-0.39, 0.29) is 5.41 Å². The molecule has 112 valence electrons. The van der Waals surface area contributed by atoms with Gasteiger partial charge >= 0.3 is 0 Å². The molecule has 0 spiro atoms. The molecule has 0 radical (unpaired) electrons. The molecule has 1 saturated heterocycles. The molecule has 2 unspecified atom stereocenters. The zero-order chi connectivity index (χ0) is 14.8. The number of aryl methyl sites for hydroxylation is 1. The van der Waals surface area contributed by atoms with Gasteiger partial charge in [0.05, 0.1) is 5.69 Å². The van der Waals surface area contributed by atoms with Gasteiger partial charge in [-0.15, -0.1) is 0 Å². The third-order valence-corrected chi connectivity index (χ3v) is 4.30. The van der Waals surface area contributed by atoms with Crippen LogP contribution in [0.3, 0.4) is 0 Å². The van der Waals surface area contributed by atoms with Gasteiger partial charge in [-0.1, -0.05) is 33.8 Å². The maximum absolute atomic E-state index is 4.67. The van der Waals surface area contributed by atoms with Gasteiger partial charge in [0.15, 0.2) is 0 Å². The fourth-order valence-corrected chi connectivity index (χ4v) is 3.08. The summed E-state index contributed by atoms with van der Waals surface area (Å²) in [6, 6.07) is 7.50. The van der Waals surface area contributed by atoms with E-state index in [1.165, 1.54) is 12.1 Å². The van der Waals surface area contributed by atoms with E-state index < -0.39 is 0 Å². The summed E-state index contributed by atoms with van der Waals surface area (Å²) >= 11 is 0. The van der Waals surface area contributed by atoms with Gasteiger partial charge in [0.2, 0.25) is 0 Å². The first-order valence-corrected chi connectivity index (χ1v) is 7.80. The number of nitrogens with one attached hydrogen (secondary N) is 1. The van der Waals surface area contributed by atoms with Crippen molar-refractivity contribution in [3.8, 4) is 0 Å². The van der Waals surface area contributed by atoms with E-state index in [1.807, 2.05) is 0 Å². The van der Waals surface area contributed by atoms with E-state index in [2.05, 4.69) is 68.0 Å². The zero-order valence-corrected chi connectivity index (χ0v) is 13.6. The van der Waals surface area contributed by atoms with Crippen LogP contribution in [0.5, 0.6) is 0 Å². The number of piperazine rings is 1. The molecule has 0 aliphatic carbocycles. The Morgan fingerprint density at radius 3 is 2.70 bits per heavy atom. The predicted molar refractivity (Wildman–Crippen MR) is 84.7 cm³/mol. The summed E-state index contributed by atoms with van der Waals surface area (Å²) in [6.45, 7) is 14.5. The Morgan fingerprint density at radius 1 is 1.35 bits per heavy atom. The lowest BCUT2D eigenvalue weighted by molar-refractivity contribution is 0.0475. The van der Waals surface area contributed by atoms with Gasteiger partial charge in [-0.05, 0) is 30.9 Å². The number of aromatic nitrogens is 1. The molecule has 2 rings (SSSR count). The lowest BCUT2D eigenvalue weighted by Gasteiger charge is -2.46. The van der Waals surface area contributed by atoms with Crippen LogP contribution in [-0.4, -0.2) is 35.1 Å². The summed E-state index contributed by atoms with van der Waals surface area (Å²) in [7, 11) is 0. The van der Waals surface area contributed by atoms with E-state index in [4.69, 9.17) is 0 Å². The fraction of sp³-hybridized carbons (Fsp3) is 0.706. The summed E-state index contributed by atoms with van der Waals surface area (Å²) in [5, 5.41) is 3.69. The Hall–Kier alpha value is -0.930. The van der Waals surface area contributed by atoms with Crippen LogP contribution in [0.15, 0.2) is 18.2 Å². The number of nitrogens with zero attached hydrogens (tertiary/aromatic N) is 2. The molecule has 2 heterocycles. The Balaban J connectivity index is 2.14. The van der Waals surface area contributed by atoms with Crippen molar-refractivity contribution in [2.24, 2.45) is 5.41 Å². The van der Waals surface area contributed by atoms with Gasteiger partial charge in [-0.3, -0.25) is 9.88 Å². The van der Waals surface area contributed by atoms with E-state index >= 15 is 0 Å². The fourth-order valence-electron chi connectivity index (χ4n) is 3.08. The van der Waals surface area contributed by atoms with Crippen LogP contribution in [0.2, 0.25) is 0 Å². The summed E-state index contributed by atoms with van der Waals surface area (Å²) in [6.07, 6.45) is 1.19. The SMILES string of the molecule is CCC1CN(Cc2cccc(C)n2)C(C(C)(C)C)CN1. The van der Waals surface area contributed by atoms with Crippen LogP contribution in [0.25, 0.3) is 0 Å². The predicted octanol–water partition coefficient (Wildman–Crippen LogP) is 2.99. The molecule has 1 aromatic heterocycles. The second-order valence-corrected chi connectivity index (χ2v) is 7.09. The summed E-state index contributed by atoms with van der Waals surface area (Å²) in [5.74, 6) is 0. The normalized spacial score (nSPS) is 24.9. The molecule has 2 atom stereocenters. The Labute approximate surface area is 123 Å². The molecule has 1 fully saturated rings. The van der Waals surface area contributed by atoms with Crippen molar-refractivity contribution in [2.75, 3.05) is 13.1 Å². The van der Waals surface area contributed by atoms with Crippen LogP contribution in [0, 0.1) is 12.3 Å². The van der Waals surface area contributed by atoms with Crippen LogP contribution in [0.4, 0.5) is 0 Å². The van der Waals surface area contributed by atoms with Gasteiger partial charge in [-0.2, -0.15) is 0 Å². The van der Waals surface area contributed by atoms with Gasteiger partial charge in [0, 0.05) is 37.4 Å². The minimum absolute atomic E-state index is 0.287. The van der Waals surface area contributed by atoms with Crippen molar-refractivity contribution in [1.82, 2.24) is 15.2 Å². The van der Waals surface area contributed by atoms with E-state index in [0.29, 0.717) is 12.1 Å². The van der Waals surface area contributed by atoms with E-state index in [0.717, 1.165) is 25.3 Å². The number of hydrogen-bond donors (Lipinski definition) is 1. The van der Waals surface area contributed by atoms with Crippen molar-refractivity contribution in [3.05, 3.63) is 29.6 Å². The lowest BCUT2D eigenvalue weighted by Crippen LogP contribution is -2.60. The molecule has 0 saturated carbocycles. The van der Waals surface area contributed by atoms with E-state index in [9.17, 15) is 0 Å². The highest BCUT2D eigenvalue weighted by Gasteiger charge is 2.35. The molecule has 1 aliphatic heterocycles. The molecule has 0 aromatic carbocycles. The molecule has 0 bridgehead atoms. The Morgan fingerprint density at radius 2 is 2.10 bits per heavy atom. The van der Waals surface area contributed by atoms with Crippen molar-refractivity contribution in [2.45, 2.75) is 59.7 Å².